The first-order chi connectivity index (χ1) is 12.9. The zero-order valence-electron chi connectivity index (χ0n) is 14.3. The van der Waals surface area contributed by atoms with Crippen LogP contribution in [0.1, 0.15) is 11.1 Å². The number of nitro groups is 1. The number of methoxy groups -OCH3 is 2. The maximum absolute atomic E-state index is 12.2. The average Bonchev–Trinajstić information content (AvgIpc) is 3.01. The number of hydrogen-bond donors (Lipinski definition) is 0. The molecule has 9 heteroatoms. The maximum Gasteiger partial charge on any atom is 0.363 e. The van der Waals surface area contributed by atoms with Crippen LogP contribution in [0.3, 0.4) is 0 Å². The van der Waals surface area contributed by atoms with E-state index in [0.717, 1.165) is 0 Å². The van der Waals surface area contributed by atoms with E-state index in [0.29, 0.717) is 17.1 Å². The average molecular weight is 389 g/mol. The zero-order chi connectivity index (χ0) is 19.6. The lowest BCUT2D eigenvalue weighted by Crippen LogP contribution is -2.06. The number of halogens is 1. The molecule has 1 aliphatic heterocycles. The van der Waals surface area contributed by atoms with Crippen molar-refractivity contribution >= 4 is 35.2 Å². The largest absolute Gasteiger partial charge is 0.493 e. The first-order valence-corrected chi connectivity index (χ1v) is 8.00. The van der Waals surface area contributed by atoms with Gasteiger partial charge in [-0.25, -0.2) is 9.79 Å². The number of carbonyl (C=O) groups excluding carboxylic acids is 1. The van der Waals surface area contributed by atoms with Gasteiger partial charge in [0, 0.05) is 17.7 Å². The highest BCUT2D eigenvalue weighted by Crippen LogP contribution is 2.33. The van der Waals surface area contributed by atoms with Crippen molar-refractivity contribution in [2.75, 3.05) is 14.2 Å². The van der Waals surface area contributed by atoms with E-state index in [4.69, 9.17) is 25.8 Å². The van der Waals surface area contributed by atoms with Gasteiger partial charge in [0.15, 0.2) is 17.2 Å². The smallest absolute Gasteiger partial charge is 0.363 e. The molecule has 0 amide bonds. The van der Waals surface area contributed by atoms with E-state index in [1.165, 1.54) is 38.5 Å². The summed E-state index contributed by atoms with van der Waals surface area (Å²) < 4.78 is 15.7. The van der Waals surface area contributed by atoms with Crippen LogP contribution in [0.25, 0.3) is 6.08 Å². The number of ether oxygens (including phenoxy) is 3. The minimum atomic E-state index is -0.711. The normalized spacial score (nSPS) is 14.7. The lowest BCUT2D eigenvalue weighted by Gasteiger charge is -2.09. The van der Waals surface area contributed by atoms with Gasteiger partial charge in [-0.3, -0.25) is 10.1 Å². The van der Waals surface area contributed by atoms with Crippen molar-refractivity contribution in [1.29, 1.82) is 0 Å². The lowest BCUT2D eigenvalue weighted by molar-refractivity contribution is -0.384. The summed E-state index contributed by atoms with van der Waals surface area (Å²) in [6.07, 6.45) is 1.47. The number of rotatable bonds is 5. The second-order valence-corrected chi connectivity index (χ2v) is 5.75. The minimum absolute atomic E-state index is 0.000809. The Balaban J connectivity index is 2.04. The monoisotopic (exact) mass is 388 g/mol. The number of nitrogens with zero attached hydrogens (tertiary/aromatic N) is 2. The van der Waals surface area contributed by atoms with Crippen LogP contribution in [-0.4, -0.2) is 31.0 Å². The number of esters is 1. The molecule has 0 spiro atoms. The Morgan fingerprint density at radius 1 is 1.22 bits per heavy atom. The van der Waals surface area contributed by atoms with E-state index in [-0.39, 0.29) is 27.9 Å². The Labute approximate surface area is 158 Å². The summed E-state index contributed by atoms with van der Waals surface area (Å²) in [5.41, 5.74) is 0.512. The summed E-state index contributed by atoms with van der Waals surface area (Å²) in [6.45, 7) is 0. The highest BCUT2D eigenvalue weighted by atomic mass is 35.5. The SMILES string of the molecule is COc1cccc(C=C2N=C(c3cc([N+](=O)[O-])ccc3Cl)OC2=O)c1OC. The fraction of sp³-hybridized carbons (Fsp3) is 0.111. The highest BCUT2D eigenvalue weighted by molar-refractivity contribution is 6.34. The molecule has 1 heterocycles. The third-order valence-corrected chi connectivity index (χ3v) is 4.07. The lowest BCUT2D eigenvalue weighted by atomic mass is 10.1. The number of cyclic esters (lactones) is 1. The molecule has 0 saturated heterocycles. The van der Waals surface area contributed by atoms with Gasteiger partial charge >= 0.3 is 5.97 Å². The van der Waals surface area contributed by atoms with Crippen molar-refractivity contribution in [2.24, 2.45) is 4.99 Å². The number of carbonyl (C=O) groups is 1. The summed E-state index contributed by atoms with van der Waals surface area (Å²) in [7, 11) is 2.98. The zero-order valence-corrected chi connectivity index (χ0v) is 15.0. The van der Waals surface area contributed by atoms with Crippen molar-refractivity contribution in [3.63, 3.8) is 0 Å². The molecular weight excluding hydrogens is 376 g/mol. The fourth-order valence-electron chi connectivity index (χ4n) is 2.49. The Hall–Kier alpha value is -3.39. The first kappa shape index (κ1) is 18.4. The molecule has 2 aromatic carbocycles. The Kier molecular flexibility index (Phi) is 5.09. The maximum atomic E-state index is 12.2. The van der Waals surface area contributed by atoms with E-state index in [1.54, 1.807) is 18.2 Å². The van der Waals surface area contributed by atoms with Crippen LogP contribution in [0, 0.1) is 10.1 Å². The number of aliphatic imine (C=N–C) groups is 1. The topological polar surface area (TPSA) is 100 Å². The molecule has 0 N–H and O–H groups in total. The van der Waals surface area contributed by atoms with E-state index < -0.39 is 10.9 Å². The second kappa shape index (κ2) is 7.46. The third-order valence-electron chi connectivity index (χ3n) is 3.74. The van der Waals surface area contributed by atoms with Gasteiger partial charge in [-0.1, -0.05) is 23.7 Å². The van der Waals surface area contributed by atoms with Gasteiger partial charge in [-0.05, 0) is 18.2 Å². The van der Waals surface area contributed by atoms with Crippen LogP contribution in [0.2, 0.25) is 5.02 Å². The second-order valence-electron chi connectivity index (χ2n) is 5.34. The number of benzene rings is 2. The van der Waals surface area contributed by atoms with Crippen molar-refractivity contribution in [3.05, 3.63) is 68.4 Å². The van der Waals surface area contributed by atoms with Crippen LogP contribution in [0.15, 0.2) is 47.1 Å². The van der Waals surface area contributed by atoms with Crippen molar-refractivity contribution in [2.45, 2.75) is 0 Å². The van der Waals surface area contributed by atoms with Crippen molar-refractivity contribution in [1.82, 2.24) is 0 Å². The Morgan fingerprint density at radius 3 is 2.67 bits per heavy atom. The molecule has 0 fully saturated rings. The molecule has 0 saturated carbocycles. The van der Waals surface area contributed by atoms with Gasteiger partial charge in [0.05, 0.1) is 29.7 Å². The number of non-ortho nitro benzene ring substituents is 1. The number of para-hydroxylation sites is 1. The molecular formula is C18H13ClN2O6. The molecule has 0 atom stereocenters. The fourth-order valence-corrected chi connectivity index (χ4v) is 2.69. The predicted molar refractivity (Wildman–Crippen MR) is 98.3 cm³/mol. The summed E-state index contributed by atoms with van der Waals surface area (Å²) in [4.78, 5) is 26.7. The molecule has 0 radical (unpaired) electrons. The van der Waals surface area contributed by atoms with E-state index >= 15 is 0 Å². The minimum Gasteiger partial charge on any atom is -0.493 e. The predicted octanol–water partition coefficient (Wildman–Crippen LogP) is 3.61. The third kappa shape index (κ3) is 3.61. The van der Waals surface area contributed by atoms with Gasteiger partial charge in [0.2, 0.25) is 5.90 Å². The first-order valence-electron chi connectivity index (χ1n) is 7.62. The standard InChI is InChI=1S/C18H13ClN2O6/c1-25-15-5-3-4-10(16(15)26-2)8-14-18(22)27-17(20-14)12-9-11(21(23)24)6-7-13(12)19/h3-9H,1-2H3. The van der Waals surface area contributed by atoms with Crippen LogP contribution in [0.4, 0.5) is 5.69 Å². The summed E-state index contributed by atoms with van der Waals surface area (Å²) in [6, 6.07) is 8.96. The molecule has 2 aromatic rings. The van der Waals surface area contributed by atoms with E-state index in [1.807, 2.05) is 0 Å². The van der Waals surface area contributed by atoms with Gasteiger partial charge in [-0.15, -0.1) is 0 Å². The Bertz CT molecular complexity index is 999. The van der Waals surface area contributed by atoms with Gasteiger partial charge in [-0.2, -0.15) is 0 Å². The van der Waals surface area contributed by atoms with Gasteiger partial charge in [0.25, 0.3) is 5.69 Å². The summed E-state index contributed by atoms with van der Waals surface area (Å²) >= 11 is 6.07. The quantitative estimate of drug-likeness (QED) is 0.335. The van der Waals surface area contributed by atoms with E-state index in [9.17, 15) is 14.9 Å². The molecule has 1 aliphatic rings. The van der Waals surface area contributed by atoms with Crippen LogP contribution in [0.5, 0.6) is 11.5 Å². The molecule has 0 aliphatic carbocycles. The number of hydrogen-bond acceptors (Lipinski definition) is 7. The van der Waals surface area contributed by atoms with Crippen LogP contribution < -0.4 is 9.47 Å². The molecule has 0 aromatic heterocycles. The summed E-state index contributed by atoms with van der Waals surface area (Å²) in [5.74, 6) is 0.0979. The molecule has 138 valence electrons. The van der Waals surface area contributed by atoms with Gasteiger partial charge in [0.1, 0.15) is 0 Å². The molecule has 0 unspecified atom stereocenters. The van der Waals surface area contributed by atoms with Gasteiger partial charge < -0.3 is 14.2 Å². The highest BCUT2D eigenvalue weighted by Gasteiger charge is 2.27. The van der Waals surface area contributed by atoms with E-state index in [2.05, 4.69) is 4.99 Å². The van der Waals surface area contributed by atoms with Crippen LogP contribution in [-0.2, 0) is 9.53 Å². The Morgan fingerprint density at radius 2 is 2.00 bits per heavy atom. The van der Waals surface area contributed by atoms with Crippen molar-refractivity contribution in [3.8, 4) is 11.5 Å². The summed E-state index contributed by atoms with van der Waals surface area (Å²) in [5, 5.41) is 11.1. The molecule has 8 nitrogen and oxygen atoms in total. The number of nitro benzene ring substituents is 1. The molecule has 0 bridgehead atoms. The molecule has 27 heavy (non-hydrogen) atoms. The van der Waals surface area contributed by atoms with Crippen molar-refractivity contribution < 1.29 is 23.9 Å². The van der Waals surface area contributed by atoms with Crippen LogP contribution >= 0.6 is 11.6 Å². The molecule has 3 rings (SSSR count).